The van der Waals surface area contributed by atoms with Crippen LogP contribution in [0.4, 0.5) is 4.39 Å². The molecule has 0 radical (unpaired) electrons. The van der Waals surface area contributed by atoms with Crippen LogP contribution in [0.1, 0.15) is 22.9 Å². The lowest BCUT2D eigenvalue weighted by Gasteiger charge is -2.11. The molecular formula is C14H13ClFNO. The smallest absolute Gasteiger partial charge is 0.145 e. The SMILES string of the molecule is Cc1ccc(C(O)Cc2cccc(Cl)c2F)nc1. The predicted octanol–water partition coefficient (Wildman–Crippen LogP) is 3.46. The number of aliphatic hydroxyl groups excluding tert-OH is 1. The normalized spacial score (nSPS) is 12.4. The van der Waals surface area contributed by atoms with Gasteiger partial charge in [-0.05, 0) is 30.2 Å². The highest BCUT2D eigenvalue weighted by molar-refractivity contribution is 6.30. The van der Waals surface area contributed by atoms with Crippen LogP contribution in [-0.2, 0) is 6.42 Å². The summed E-state index contributed by atoms with van der Waals surface area (Å²) in [4.78, 5) is 4.12. The van der Waals surface area contributed by atoms with Gasteiger partial charge in [-0.1, -0.05) is 29.8 Å². The minimum Gasteiger partial charge on any atom is -0.386 e. The number of halogens is 2. The average Bonchev–Trinajstić information content (AvgIpc) is 2.36. The summed E-state index contributed by atoms with van der Waals surface area (Å²) in [5.74, 6) is -0.481. The Hall–Kier alpha value is -1.45. The second kappa shape index (κ2) is 5.46. The number of rotatable bonds is 3. The molecule has 0 aliphatic rings. The van der Waals surface area contributed by atoms with Gasteiger partial charge in [0.15, 0.2) is 0 Å². The Balaban J connectivity index is 2.18. The Morgan fingerprint density at radius 2 is 2.11 bits per heavy atom. The summed E-state index contributed by atoms with van der Waals surface area (Å²) < 4.78 is 13.7. The van der Waals surface area contributed by atoms with E-state index in [-0.39, 0.29) is 11.4 Å². The van der Waals surface area contributed by atoms with Crippen molar-refractivity contribution in [1.29, 1.82) is 0 Å². The highest BCUT2D eigenvalue weighted by Crippen LogP contribution is 2.23. The fourth-order valence-corrected chi connectivity index (χ4v) is 1.89. The van der Waals surface area contributed by atoms with Gasteiger partial charge in [-0.3, -0.25) is 4.98 Å². The molecule has 2 aromatic rings. The van der Waals surface area contributed by atoms with E-state index in [0.717, 1.165) is 5.56 Å². The Morgan fingerprint density at radius 3 is 2.78 bits per heavy atom. The summed E-state index contributed by atoms with van der Waals surface area (Å²) in [5.41, 5.74) is 1.93. The van der Waals surface area contributed by atoms with Crippen molar-refractivity contribution in [3.05, 3.63) is 64.2 Å². The van der Waals surface area contributed by atoms with Crippen LogP contribution >= 0.6 is 11.6 Å². The van der Waals surface area contributed by atoms with E-state index in [9.17, 15) is 9.50 Å². The molecule has 0 aliphatic carbocycles. The summed E-state index contributed by atoms with van der Waals surface area (Å²) in [5, 5.41) is 10.1. The Bertz CT molecular complexity index is 542. The summed E-state index contributed by atoms with van der Waals surface area (Å²) in [6.45, 7) is 1.92. The quantitative estimate of drug-likeness (QED) is 0.922. The maximum absolute atomic E-state index is 13.7. The van der Waals surface area contributed by atoms with Crippen LogP contribution in [0.5, 0.6) is 0 Å². The number of aryl methyl sites for hydroxylation is 1. The van der Waals surface area contributed by atoms with Gasteiger partial charge in [0.25, 0.3) is 0 Å². The first-order chi connectivity index (χ1) is 8.58. The topological polar surface area (TPSA) is 33.1 Å². The largest absolute Gasteiger partial charge is 0.386 e. The lowest BCUT2D eigenvalue weighted by molar-refractivity contribution is 0.172. The molecule has 0 saturated carbocycles. The highest BCUT2D eigenvalue weighted by Gasteiger charge is 2.14. The average molecular weight is 266 g/mol. The zero-order valence-corrected chi connectivity index (χ0v) is 10.7. The molecule has 94 valence electrons. The van der Waals surface area contributed by atoms with Crippen molar-refractivity contribution in [3.63, 3.8) is 0 Å². The first-order valence-electron chi connectivity index (χ1n) is 5.61. The van der Waals surface area contributed by atoms with Crippen LogP contribution in [0.2, 0.25) is 5.02 Å². The van der Waals surface area contributed by atoms with Gasteiger partial charge in [-0.2, -0.15) is 0 Å². The van der Waals surface area contributed by atoms with E-state index in [1.54, 1.807) is 24.4 Å². The van der Waals surface area contributed by atoms with Gasteiger partial charge in [0.1, 0.15) is 11.9 Å². The van der Waals surface area contributed by atoms with E-state index in [4.69, 9.17) is 11.6 Å². The molecule has 1 atom stereocenters. The maximum Gasteiger partial charge on any atom is 0.145 e. The number of hydrogen-bond donors (Lipinski definition) is 1. The molecule has 4 heteroatoms. The molecule has 1 unspecified atom stereocenters. The minimum atomic E-state index is -0.835. The molecule has 18 heavy (non-hydrogen) atoms. The molecule has 0 aliphatic heterocycles. The highest BCUT2D eigenvalue weighted by atomic mass is 35.5. The van der Waals surface area contributed by atoms with Gasteiger partial charge >= 0.3 is 0 Å². The van der Waals surface area contributed by atoms with Crippen molar-refractivity contribution < 1.29 is 9.50 Å². The van der Waals surface area contributed by atoms with E-state index in [0.29, 0.717) is 11.3 Å². The zero-order chi connectivity index (χ0) is 13.1. The number of aromatic nitrogens is 1. The van der Waals surface area contributed by atoms with Crippen molar-refractivity contribution in [3.8, 4) is 0 Å². The fourth-order valence-electron chi connectivity index (χ4n) is 1.70. The third-order valence-corrected chi connectivity index (χ3v) is 3.01. The summed E-state index contributed by atoms with van der Waals surface area (Å²) in [6.07, 6.45) is 0.994. The van der Waals surface area contributed by atoms with E-state index >= 15 is 0 Å². The molecule has 0 spiro atoms. The van der Waals surface area contributed by atoms with Gasteiger partial charge < -0.3 is 5.11 Å². The van der Waals surface area contributed by atoms with Gasteiger partial charge in [-0.15, -0.1) is 0 Å². The number of aliphatic hydroxyl groups is 1. The molecule has 1 aromatic carbocycles. The fraction of sp³-hybridized carbons (Fsp3) is 0.214. The van der Waals surface area contributed by atoms with Gasteiger partial charge in [0, 0.05) is 12.6 Å². The van der Waals surface area contributed by atoms with Crippen molar-refractivity contribution in [1.82, 2.24) is 4.98 Å². The zero-order valence-electron chi connectivity index (χ0n) is 9.90. The molecule has 1 aromatic heterocycles. The molecule has 0 fully saturated rings. The lowest BCUT2D eigenvalue weighted by atomic mass is 10.0. The number of benzene rings is 1. The number of nitrogens with zero attached hydrogens (tertiary/aromatic N) is 1. The Labute approximate surface area is 110 Å². The minimum absolute atomic E-state index is 0.0663. The van der Waals surface area contributed by atoms with Crippen LogP contribution in [0.15, 0.2) is 36.5 Å². The van der Waals surface area contributed by atoms with Crippen LogP contribution in [0, 0.1) is 12.7 Å². The lowest BCUT2D eigenvalue weighted by Crippen LogP contribution is -2.05. The maximum atomic E-state index is 13.7. The molecule has 0 bridgehead atoms. The second-order valence-corrected chi connectivity index (χ2v) is 4.60. The third-order valence-electron chi connectivity index (χ3n) is 2.72. The number of hydrogen-bond acceptors (Lipinski definition) is 2. The molecular weight excluding hydrogens is 253 g/mol. The molecule has 0 saturated heterocycles. The number of pyridine rings is 1. The summed E-state index contributed by atoms with van der Waals surface area (Å²) in [6, 6.07) is 8.36. The van der Waals surface area contributed by atoms with Gasteiger partial charge in [-0.25, -0.2) is 4.39 Å². The van der Waals surface area contributed by atoms with Crippen molar-refractivity contribution >= 4 is 11.6 Å². The first-order valence-corrected chi connectivity index (χ1v) is 5.99. The van der Waals surface area contributed by atoms with Crippen LogP contribution in [0.3, 0.4) is 0 Å². The van der Waals surface area contributed by atoms with Crippen LogP contribution < -0.4 is 0 Å². The van der Waals surface area contributed by atoms with Gasteiger partial charge in [0.2, 0.25) is 0 Å². The third kappa shape index (κ3) is 2.86. The van der Waals surface area contributed by atoms with E-state index < -0.39 is 11.9 Å². The molecule has 1 N–H and O–H groups in total. The van der Waals surface area contributed by atoms with Crippen LogP contribution in [0.25, 0.3) is 0 Å². The predicted molar refractivity (Wildman–Crippen MR) is 69.0 cm³/mol. The van der Waals surface area contributed by atoms with Crippen molar-refractivity contribution in [2.24, 2.45) is 0 Å². The first kappa shape index (κ1) is 13.0. The van der Waals surface area contributed by atoms with E-state index in [1.165, 1.54) is 6.07 Å². The molecule has 1 heterocycles. The molecule has 0 amide bonds. The van der Waals surface area contributed by atoms with E-state index in [1.807, 2.05) is 13.0 Å². The summed E-state index contributed by atoms with van der Waals surface area (Å²) >= 11 is 5.69. The standard InChI is InChI=1S/C14H13ClFNO/c1-9-5-6-12(17-8-9)13(18)7-10-3-2-4-11(15)14(10)16/h2-6,8,13,18H,7H2,1H3. The molecule has 2 nitrogen and oxygen atoms in total. The Kier molecular flexibility index (Phi) is 3.94. The molecule has 2 rings (SSSR count). The second-order valence-electron chi connectivity index (χ2n) is 4.19. The summed E-state index contributed by atoms with van der Waals surface area (Å²) in [7, 11) is 0. The van der Waals surface area contributed by atoms with E-state index in [2.05, 4.69) is 4.98 Å². The van der Waals surface area contributed by atoms with Crippen LogP contribution in [-0.4, -0.2) is 10.1 Å². The Morgan fingerprint density at radius 1 is 1.33 bits per heavy atom. The monoisotopic (exact) mass is 265 g/mol. The van der Waals surface area contributed by atoms with Gasteiger partial charge in [0.05, 0.1) is 10.7 Å². The van der Waals surface area contributed by atoms with Crippen molar-refractivity contribution in [2.45, 2.75) is 19.4 Å². The van der Waals surface area contributed by atoms with Crippen molar-refractivity contribution in [2.75, 3.05) is 0 Å².